The van der Waals surface area contributed by atoms with E-state index in [1.54, 1.807) is 150 Å². The second-order valence-corrected chi connectivity index (χ2v) is 40.1. The van der Waals surface area contributed by atoms with Crippen LogP contribution >= 0.6 is 0 Å². The number of carboxylic acid groups (broad SMARTS) is 1. The topological polar surface area (TPSA) is 331 Å². The normalized spacial score (nSPS) is 17.9. The van der Waals surface area contributed by atoms with E-state index in [0.29, 0.717) is 131 Å². The molecule has 12 aromatic rings. The van der Waals surface area contributed by atoms with Gasteiger partial charge in [0, 0.05) is 148 Å². The summed E-state index contributed by atoms with van der Waals surface area (Å²) in [4.78, 5) is 143. The highest BCUT2D eigenvalue weighted by atomic mass is 19.3. The molecule has 8 amide bonds. The molecule has 0 radical (unpaired) electrons. The van der Waals surface area contributed by atoms with Crippen LogP contribution in [0.3, 0.4) is 0 Å². The third-order valence-corrected chi connectivity index (χ3v) is 26.9. The van der Waals surface area contributed by atoms with E-state index < -0.39 is 58.3 Å². The molecule has 12 heterocycles. The second-order valence-electron chi connectivity index (χ2n) is 40.1. The van der Waals surface area contributed by atoms with Gasteiger partial charge in [0.05, 0.1) is 29.4 Å². The largest absolute Gasteiger partial charge is 0.480 e. The number of nitrogens with one attached hydrogen (secondary N) is 2. The number of ether oxygens (including phenoxy) is 1. The number of furan rings is 4. The zero-order chi connectivity index (χ0) is 99.4. The molecule has 27 nitrogen and oxygen atoms in total. The summed E-state index contributed by atoms with van der Waals surface area (Å²) in [6, 6.07) is 38.4. The van der Waals surface area contributed by atoms with Gasteiger partial charge in [0.1, 0.15) is 74.0 Å². The van der Waals surface area contributed by atoms with E-state index in [9.17, 15) is 69.5 Å². The standard InChI is InChI=1S/C27H32FN3O4.C26H26F3N3O3.C26H28FN3O5.C26H28FN3O3/c1-26(2,3)19-15-20(17-7-9-18(28)10-8-17)29-21-16-22(35-23(19)21)24(32)31-12-11-30(13-14-34-6)25(33)27(31,4)5;1-25(2)24(34)30-11-12-32(25)23(33)21-14-20-22(35-21)18(15-7-9-26(28,29)10-8-15)13-19(31-20)16-3-5-17(27)6-4-16;1-25(2,3)17-12-18(15-6-8-16(27)9-7-15)28-19-13-20(35-22(17)19)23(33)30-11-10-29(14-21(31)32)24(34)26(30,4)5;1-26(2)25(32)28-12-13-30(26)24(31)22-15-21-23(33-22)19(16-6-4-3-5-7-16)14-20(29-21)17-8-10-18(27)11-9-17/h7-10,15-16H,11-14H2,1-6H3;3-6,13-15H,7-12H2,1-2H3,(H,30,34);6-9,12-13H,10-11,14H2,1-5H3,(H,31,32);8-11,14-16H,3-7,12-13H2,1-2H3,(H,28,32). The smallest absolute Gasteiger partial charge is 0.323 e. The Hall–Kier alpha value is -13.6. The summed E-state index contributed by atoms with van der Waals surface area (Å²) < 4.78 is 111. The summed E-state index contributed by atoms with van der Waals surface area (Å²) in [6.45, 7) is 28.8. The van der Waals surface area contributed by atoms with Crippen LogP contribution in [0, 0.1) is 23.3 Å². The number of carbonyl (C=O) groups is 9. The van der Waals surface area contributed by atoms with Crippen LogP contribution in [0.5, 0.6) is 0 Å². The Kier molecular flexibility index (Phi) is 27.8. The number of alkyl halides is 2. The fourth-order valence-corrected chi connectivity index (χ4v) is 18.8. The number of hydrogen-bond donors (Lipinski definition) is 3. The molecular weight excluding hydrogens is 1780 g/mol. The number of aliphatic carboxylic acids is 1. The maximum atomic E-state index is 13.9. The lowest BCUT2D eigenvalue weighted by Gasteiger charge is -2.45. The minimum Gasteiger partial charge on any atom is -0.480 e. The van der Waals surface area contributed by atoms with E-state index >= 15 is 0 Å². The van der Waals surface area contributed by atoms with Gasteiger partial charge in [-0.3, -0.25) is 43.2 Å². The van der Waals surface area contributed by atoms with Gasteiger partial charge in [-0.1, -0.05) is 60.8 Å². The van der Waals surface area contributed by atoms with Crippen molar-refractivity contribution in [3.05, 3.63) is 214 Å². The number of nitrogens with zero attached hydrogens (tertiary/aromatic N) is 10. The molecule has 2 aliphatic carbocycles. The molecule has 138 heavy (non-hydrogen) atoms. The van der Waals surface area contributed by atoms with E-state index in [1.807, 2.05) is 39.0 Å². The van der Waals surface area contributed by atoms with Crippen LogP contribution in [0.25, 0.3) is 89.4 Å². The molecule has 2 saturated carbocycles. The number of piperazine rings is 4. The van der Waals surface area contributed by atoms with Gasteiger partial charge in [-0.15, -0.1) is 0 Å². The second kappa shape index (κ2) is 38.8. The first kappa shape index (κ1) is 98.9. The van der Waals surface area contributed by atoms with Crippen molar-refractivity contribution >= 4 is 97.6 Å². The lowest BCUT2D eigenvalue weighted by Crippen LogP contribution is -2.65. The molecular formula is C105H114F6N12O15. The molecule has 4 saturated heterocycles. The highest BCUT2D eigenvalue weighted by Crippen LogP contribution is 2.47. The van der Waals surface area contributed by atoms with E-state index in [-0.39, 0.29) is 131 Å². The number of rotatable bonds is 15. The van der Waals surface area contributed by atoms with Crippen molar-refractivity contribution in [2.75, 3.05) is 79.2 Å². The summed E-state index contributed by atoms with van der Waals surface area (Å²) >= 11 is 0. The first-order valence-electron chi connectivity index (χ1n) is 46.5. The van der Waals surface area contributed by atoms with Crippen LogP contribution in [0.15, 0.2) is 163 Å². The number of halogens is 6. The minimum atomic E-state index is -2.69. The number of pyridine rings is 4. The van der Waals surface area contributed by atoms with Crippen molar-refractivity contribution in [3.63, 3.8) is 0 Å². The minimum absolute atomic E-state index is 0.0360. The number of hydrogen-bond acceptors (Lipinski definition) is 18. The summed E-state index contributed by atoms with van der Waals surface area (Å²) in [6.07, 6.45) is 5.76. The lowest BCUT2D eigenvalue weighted by atomic mass is 9.82. The Labute approximate surface area is 794 Å². The summed E-state index contributed by atoms with van der Waals surface area (Å²) in [5.74, 6) is -7.17. The third kappa shape index (κ3) is 20.5. The SMILES string of the molecule is CC(C)(C)c1cc(-c2ccc(F)cc2)nc2cc(C(=O)N3CCN(CC(=O)O)C(=O)C3(C)C)oc12.CC1(C)C(=O)NCCN1C(=O)c1cc2nc(-c3ccc(F)cc3)cc(C3CCC(F)(F)CC3)c2o1.CC1(C)C(=O)NCCN1C(=O)c1cc2nc(-c3ccc(F)cc3)cc(C3CCCCC3)c2o1.COCCN1CCN(C(=O)c2cc3nc(-c4ccc(F)cc4)cc(C(C)(C)C)c3o2)C(C)(C)C1=O. The highest BCUT2D eigenvalue weighted by Gasteiger charge is 2.49. The number of fused-ring (bicyclic) bond motifs is 4. The lowest BCUT2D eigenvalue weighted by molar-refractivity contribution is -0.153. The van der Waals surface area contributed by atoms with Gasteiger partial charge in [-0.25, -0.2) is 46.3 Å². The van der Waals surface area contributed by atoms with Gasteiger partial charge in [0.2, 0.25) is 29.6 Å². The summed E-state index contributed by atoms with van der Waals surface area (Å²) in [5.41, 5.74) is 8.19. The molecule has 33 heteroatoms. The fourth-order valence-electron chi connectivity index (χ4n) is 18.8. The molecule has 4 aromatic carbocycles. The van der Waals surface area contributed by atoms with Crippen LogP contribution < -0.4 is 10.6 Å². The number of carbonyl (C=O) groups excluding carboxylic acids is 8. The van der Waals surface area contributed by atoms with E-state index in [4.69, 9.17) is 37.5 Å². The van der Waals surface area contributed by atoms with Crippen LogP contribution in [-0.4, -0.2) is 215 Å². The average Bonchev–Trinajstić information content (AvgIpc) is 1.48. The van der Waals surface area contributed by atoms with Gasteiger partial charge >= 0.3 is 5.97 Å². The number of amides is 8. The molecule has 0 spiro atoms. The van der Waals surface area contributed by atoms with Crippen molar-refractivity contribution in [1.29, 1.82) is 0 Å². The zero-order valence-corrected chi connectivity index (χ0v) is 80.1. The third-order valence-electron chi connectivity index (χ3n) is 26.9. The maximum absolute atomic E-state index is 13.9. The molecule has 3 N–H and O–H groups in total. The summed E-state index contributed by atoms with van der Waals surface area (Å²) in [5, 5.41) is 14.7. The van der Waals surface area contributed by atoms with Crippen LogP contribution in [0.2, 0.25) is 0 Å². The molecule has 0 atom stereocenters. The maximum Gasteiger partial charge on any atom is 0.323 e. The van der Waals surface area contributed by atoms with E-state index in [0.717, 1.165) is 64.8 Å². The predicted octanol–water partition coefficient (Wildman–Crippen LogP) is 19.0. The van der Waals surface area contributed by atoms with Gasteiger partial charge in [-0.2, -0.15) is 0 Å². The Bertz CT molecular complexity index is 6670. The average molecular weight is 1900 g/mol. The molecule has 0 bridgehead atoms. The van der Waals surface area contributed by atoms with Crippen LogP contribution in [-0.2, 0) is 39.5 Å². The highest BCUT2D eigenvalue weighted by molar-refractivity contribution is 6.05. The van der Waals surface area contributed by atoms with Crippen molar-refractivity contribution in [2.24, 2.45) is 0 Å². The Morgan fingerprint density at radius 2 is 0.717 bits per heavy atom. The van der Waals surface area contributed by atoms with E-state index in [1.165, 1.54) is 75.7 Å². The van der Waals surface area contributed by atoms with Crippen LogP contribution in [0.4, 0.5) is 26.3 Å². The number of methoxy groups -OCH3 is 1. The van der Waals surface area contributed by atoms with E-state index in [2.05, 4.69) is 41.4 Å². The van der Waals surface area contributed by atoms with Crippen LogP contribution in [0.1, 0.15) is 231 Å². The Morgan fingerprint density at radius 1 is 0.413 bits per heavy atom. The Morgan fingerprint density at radius 3 is 1.05 bits per heavy atom. The van der Waals surface area contributed by atoms with Gasteiger partial charge in [0.25, 0.3) is 23.6 Å². The van der Waals surface area contributed by atoms with Gasteiger partial charge in [-0.05, 0) is 225 Å². The molecule has 0 unspecified atom stereocenters. The van der Waals surface area contributed by atoms with Crippen molar-refractivity contribution in [2.45, 2.75) is 205 Å². The van der Waals surface area contributed by atoms with Gasteiger partial charge < -0.3 is 67.5 Å². The first-order valence-corrected chi connectivity index (χ1v) is 46.5. The quantitative estimate of drug-likeness (QED) is 0.0803. The molecule has 8 aromatic heterocycles. The van der Waals surface area contributed by atoms with Crippen molar-refractivity contribution < 1.29 is 97.0 Å². The molecule has 726 valence electrons. The molecule has 6 aliphatic rings. The van der Waals surface area contributed by atoms with Crippen molar-refractivity contribution in [3.8, 4) is 45.0 Å². The first-order chi connectivity index (χ1) is 65.1. The van der Waals surface area contributed by atoms with Crippen molar-refractivity contribution in [1.82, 2.24) is 60.0 Å². The predicted molar refractivity (Wildman–Crippen MR) is 506 cm³/mol. The summed E-state index contributed by atoms with van der Waals surface area (Å²) in [7, 11) is 1.60. The number of aromatic nitrogens is 4. The number of benzene rings is 4. The zero-order valence-electron chi connectivity index (χ0n) is 80.1. The number of carboxylic acids is 1. The monoisotopic (exact) mass is 1900 g/mol. The molecule has 18 rings (SSSR count). The molecule has 4 aliphatic heterocycles. The molecule has 6 fully saturated rings. The fraction of sp³-hybridized carbons (Fsp3) is 0.419. The Balaban J connectivity index is 0.000000140. The van der Waals surface area contributed by atoms with Gasteiger partial charge in [0.15, 0.2) is 45.4 Å².